The van der Waals surface area contributed by atoms with Crippen molar-refractivity contribution in [2.45, 2.75) is 18.2 Å². The second-order valence-corrected chi connectivity index (χ2v) is 6.10. The van der Waals surface area contributed by atoms with E-state index in [2.05, 4.69) is 10.5 Å². The third-order valence-electron chi connectivity index (χ3n) is 3.06. The molecule has 7 heteroatoms. The molecule has 0 aliphatic heterocycles. The number of thioether (sulfide) groups is 1. The van der Waals surface area contributed by atoms with E-state index in [0.717, 1.165) is 18.2 Å². The van der Waals surface area contributed by atoms with Crippen LogP contribution in [0, 0.1) is 5.82 Å². The molecule has 0 unspecified atom stereocenters. The van der Waals surface area contributed by atoms with Gasteiger partial charge in [0.2, 0.25) is 5.91 Å². The normalized spacial score (nSPS) is 10.8. The number of ether oxygens (including phenoxy) is 1. The van der Waals surface area contributed by atoms with Crippen molar-refractivity contribution in [2.75, 3.05) is 12.4 Å². The number of hydrazone groups is 1. The van der Waals surface area contributed by atoms with Crippen molar-refractivity contribution >= 4 is 23.9 Å². The molecule has 1 amide bonds. The number of hydrogen-bond donors (Lipinski definition) is 2. The molecule has 0 saturated carbocycles. The van der Waals surface area contributed by atoms with Gasteiger partial charge in [-0.2, -0.15) is 5.10 Å². The van der Waals surface area contributed by atoms with Crippen LogP contribution in [0.15, 0.2) is 52.5 Å². The lowest BCUT2D eigenvalue weighted by Gasteiger charge is -2.06. The first kappa shape index (κ1) is 18.8. The monoisotopic (exact) mass is 362 g/mol. The average molecular weight is 362 g/mol. The maximum absolute atomic E-state index is 13.4. The maximum atomic E-state index is 13.4. The molecule has 0 aliphatic carbocycles. The molecule has 5 nitrogen and oxygen atoms in total. The predicted molar refractivity (Wildman–Crippen MR) is 96.8 cm³/mol. The van der Waals surface area contributed by atoms with E-state index in [1.807, 2.05) is 6.92 Å². The van der Waals surface area contributed by atoms with Crippen molar-refractivity contribution in [3.05, 3.63) is 53.8 Å². The number of carbonyl (C=O) groups excluding carboxylic acids is 1. The maximum Gasteiger partial charge on any atom is 0.250 e. The summed E-state index contributed by atoms with van der Waals surface area (Å²) < 4.78 is 18.9. The highest BCUT2D eigenvalue weighted by atomic mass is 32.2. The fraction of sp³-hybridized carbons (Fsp3) is 0.222. The van der Waals surface area contributed by atoms with Crippen LogP contribution in [-0.4, -0.2) is 29.6 Å². The Morgan fingerprint density at radius 2 is 2.16 bits per heavy atom. The van der Waals surface area contributed by atoms with Gasteiger partial charge in [0.05, 0.1) is 18.6 Å². The number of nitrogens with one attached hydrogen (secondary N) is 1. The van der Waals surface area contributed by atoms with Crippen LogP contribution in [-0.2, 0) is 4.79 Å². The first-order valence-electron chi connectivity index (χ1n) is 7.75. The molecule has 0 aliphatic rings. The number of nitrogens with zero attached hydrogens (tertiary/aromatic N) is 1. The molecule has 0 atom stereocenters. The summed E-state index contributed by atoms with van der Waals surface area (Å²) in [6, 6.07) is 11.1. The highest BCUT2D eigenvalue weighted by Crippen LogP contribution is 2.22. The number of phenolic OH excluding ortho intramolecular Hbond substituents is 1. The number of aromatic hydroxyl groups is 1. The number of hydrogen-bond acceptors (Lipinski definition) is 5. The van der Waals surface area contributed by atoms with Crippen LogP contribution in [0.25, 0.3) is 0 Å². The molecule has 0 saturated heterocycles. The van der Waals surface area contributed by atoms with Crippen molar-refractivity contribution < 1.29 is 19.0 Å². The van der Waals surface area contributed by atoms with Gasteiger partial charge in [-0.15, -0.1) is 11.8 Å². The minimum Gasteiger partial charge on any atom is -0.507 e. The van der Waals surface area contributed by atoms with Crippen molar-refractivity contribution in [1.82, 2.24) is 5.43 Å². The molecule has 0 radical (unpaired) electrons. The Bertz CT molecular complexity index is 753. The standard InChI is InChI=1S/C18H19FN2O3S/c1-2-9-24-14-8-7-13(16(22)10-14)11-20-21-18(23)12-25-17-6-4-3-5-15(17)19/h3-8,10-11,22H,2,9,12H2,1H3,(H,21,23)/b20-11+. The number of amides is 1. The summed E-state index contributed by atoms with van der Waals surface area (Å²) in [5.74, 6) is -0.117. The van der Waals surface area contributed by atoms with E-state index >= 15 is 0 Å². The molecular formula is C18H19FN2O3S. The third-order valence-corrected chi connectivity index (χ3v) is 4.11. The van der Waals surface area contributed by atoms with Gasteiger partial charge in [0.15, 0.2) is 0 Å². The zero-order chi connectivity index (χ0) is 18.1. The molecule has 0 fully saturated rings. The zero-order valence-electron chi connectivity index (χ0n) is 13.7. The van der Waals surface area contributed by atoms with E-state index in [1.54, 1.807) is 30.3 Å². The summed E-state index contributed by atoms with van der Waals surface area (Å²) in [5.41, 5.74) is 2.79. The van der Waals surface area contributed by atoms with E-state index in [-0.39, 0.29) is 23.2 Å². The summed E-state index contributed by atoms with van der Waals surface area (Å²) >= 11 is 1.09. The van der Waals surface area contributed by atoms with Gasteiger partial charge in [-0.1, -0.05) is 19.1 Å². The Balaban J connectivity index is 1.83. The molecule has 132 valence electrons. The lowest BCUT2D eigenvalue weighted by atomic mass is 10.2. The fourth-order valence-electron chi connectivity index (χ4n) is 1.85. The smallest absolute Gasteiger partial charge is 0.250 e. The van der Waals surface area contributed by atoms with Gasteiger partial charge in [0.1, 0.15) is 17.3 Å². The van der Waals surface area contributed by atoms with Crippen LogP contribution in [0.2, 0.25) is 0 Å². The fourth-order valence-corrected chi connectivity index (χ4v) is 2.59. The van der Waals surface area contributed by atoms with Gasteiger partial charge in [-0.05, 0) is 30.7 Å². The van der Waals surface area contributed by atoms with E-state index in [4.69, 9.17) is 4.74 Å². The van der Waals surface area contributed by atoms with Crippen LogP contribution in [0.4, 0.5) is 4.39 Å². The van der Waals surface area contributed by atoms with E-state index in [0.29, 0.717) is 22.8 Å². The summed E-state index contributed by atoms with van der Waals surface area (Å²) in [4.78, 5) is 12.1. The van der Waals surface area contributed by atoms with Crippen molar-refractivity contribution in [2.24, 2.45) is 5.10 Å². The van der Waals surface area contributed by atoms with Gasteiger partial charge >= 0.3 is 0 Å². The van der Waals surface area contributed by atoms with Crippen LogP contribution >= 0.6 is 11.8 Å². The van der Waals surface area contributed by atoms with Crippen molar-refractivity contribution in [3.63, 3.8) is 0 Å². The second-order valence-electron chi connectivity index (χ2n) is 5.08. The summed E-state index contributed by atoms with van der Waals surface area (Å²) in [5, 5.41) is 13.7. The Kier molecular flexibility index (Phi) is 7.28. The first-order chi connectivity index (χ1) is 12.1. The molecule has 0 aromatic heterocycles. The molecule has 2 N–H and O–H groups in total. The van der Waals surface area contributed by atoms with Crippen LogP contribution in [0.3, 0.4) is 0 Å². The molecule has 0 bridgehead atoms. The number of benzene rings is 2. The average Bonchev–Trinajstić information content (AvgIpc) is 2.61. The number of carbonyl (C=O) groups is 1. The van der Waals surface area contributed by atoms with Crippen molar-refractivity contribution in [1.29, 1.82) is 0 Å². The zero-order valence-corrected chi connectivity index (χ0v) is 14.6. The van der Waals surface area contributed by atoms with Crippen LogP contribution < -0.4 is 10.2 Å². The summed E-state index contributed by atoms with van der Waals surface area (Å²) in [7, 11) is 0. The molecular weight excluding hydrogens is 343 g/mol. The summed E-state index contributed by atoms with van der Waals surface area (Å²) in [6.45, 7) is 2.57. The molecule has 2 aromatic carbocycles. The predicted octanol–water partition coefficient (Wildman–Crippen LogP) is 3.56. The molecule has 25 heavy (non-hydrogen) atoms. The van der Waals surface area contributed by atoms with Gasteiger partial charge < -0.3 is 9.84 Å². The topological polar surface area (TPSA) is 70.9 Å². The van der Waals surface area contributed by atoms with Gasteiger partial charge in [-0.25, -0.2) is 9.82 Å². The van der Waals surface area contributed by atoms with E-state index in [9.17, 15) is 14.3 Å². The Hall–Kier alpha value is -2.54. The van der Waals surface area contributed by atoms with Gasteiger partial charge in [0, 0.05) is 16.5 Å². The highest BCUT2D eigenvalue weighted by Gasteiger charge is 2.06. The van der Waals surface area contributed by atoms with E-state index < -0.39 is 0 Å². The Morgan fingerprint density at radius 1 is 1.36 bits per heavy atom. The SMILES string of the molecule is CCCOc1ccc(/C=N/NC(=O)CSc2ccccc2F)c(O)c1. The number of rotatable bonds is 8. The van der Waals surface area contributed by atoms with Crippen LogP contribution in [0.5, 0.6) is 11.5 Å². The minimum atomic E-state index is -0.369. The highest BCUT2D eigenvalue weighted by molar-refractivity contribution is 8.00. The van der Waals surface area contributed by atoms with Gasteiger partial charge in [0.25, 0.3) is 0 Å². The second kappa shape index (κ2) is 9.68. The Labute approximate surface area is 149 Å². The number of halogens is 1. The largest absolute Gasteiger partial charge is 0.507 e. The lowest BCUT2D eigenvalue weighted by Crippen LogP contribution is -2.19. The summed E-state index contributed by atoms with van der Waals surface area (Å²) in [6.07, 6.45) is 2.21. The molecule has 0 spiro atoms. The minimum absolute atomic E-state index is 0.00679. The lowest BCUT2D eigenvalue weighted by molar-refractivity contribution is -0.118. The molecule has 2 rings (SSSR count). The molecule has 2 aromatic rings. The van der Waals surface area contributed by atoms with E-state index in [1.165, 1.54) is 18.3 Å². The Morgan fingerprint density at radius 3 is 2.88 bits per heavy atom. The van der Waals surface area contributed by atoms with Gasteiger partial charge in [-0.3, -0.25) is 4.79 Å². The first-order valence-corrected chi connectivity index (χ1v) is 8.73. The van der Waals surface area contributed by atoms with Crippen LogP contribution in [0.1, 0.15) is 18.9 Å². The quantitative estimate of drug-likeness (QED) is 0.428. The number of phenols is 1. The third kappa shape index (κ3) is 6.11. The molecule has 0 heterocycles. The van der Waals surface area contributed by atoms with Crippen molar-refractivity contribution in [3.8, 4) is 11.5 Å².